The molecule has 0 N–H and O–H groups in total. The summed E-state index contributed by atoms with van der Waals surface area (Å²) in [5.74, 6) is 0. The van der Waals surface area contributed by atoms with E-state index in [1.807, 2.05) is 17.9 Å². The van der Waals surface area contributed by atoms with Crippen LogP contribution in [-0.2, 0) is 4.74 Å². The maximum absolute atomic E-state index is 11.1. The maximum atomic E-state index is 11.1. The van der Waals surface area contributed by atoms with Crippen molar-refractivity contribution >= 4 is 27.3 Å². The largest absolute Gasteiger partial charge is 0.377 e. The summed E-state index contributed by atoms with van der Waals surface area (Å²) in [5.41, 5.74) is 0.805. The van der Waals surface area contributed by atoms with Gasteiger partial charge in [-0.2, -0.15) is 0 Å². The lowest BCUT2D eigenvalue weighted by atomic mass is 10.2. The molecule has 2 rings (SSSR count). The number of halogens is 1. The first kappa shape index (κ1) is 13.3. The molecule has 18 heavy (non-hydrogen) atoms. The molecule has 1 saturated heterocycles. The van der Waals surface area contributed by atoms with Gasteiger partial charge in [0.05, 0.1) is 11.0 Å². The molecule has 1 heterocycles. The molecule has 1 aromatic rings. The Morgan fingerprint density at radius 2 is 2.33 bits per heavy atom. The second-order valence-corrected chi connectivity index (χ2v) is 5.29. The van der Waals surface area contributed by atoms with E-state index in [0.29, 0.717) is 18.8 Å². The highest BCUT2D eigenvalue weighted by molar-refractivity contribution is 9.10. The molecule has 0 radical (unpaired) electrons. The summed E-state index contributed by atoms with van der Waals surface area (Å²) in [5, 5.41) is 11.1. The van der Waals surface area contributed by atoms with Crippen LogP contribution in [-0.4, -0.2) is 30.7 Å². The van der Waals surface area contributed by atoms with Crippen LogP contribution in [0, 0.1) is 10.1 Å². The van der Waals surface area contributed by atoms with E-state index < -0.39 is 0 Å². The predicted molar refractivity (Wildman–Crippen MR) is 73.0 cm³/mol. The van der Waals surface area contributed by atoms with Crippen molar-refractivity contribution < 1.29 is 9.66 Å². The fourth-order valence-corrected chi connectivity index (χ4v) is 2.47. The lowest BCUT2D eigenvalue weighted by molar-refractivity contribution is -0.384. The van der Waals surface area contributed by atoms with Crippen molar-refractivity contribution in [3.8, 4) is 0 Å². The lowest BCUT2D eigenvalue weighted by Crippen LogP contribution is -2.30. The summed E-state index contributed by atoms with van der Waals surface area (Å²) in [6, 6.07) is 5.17. The van der Waals surface area contributed by atoms with Crippen molar-refractivity contribution in [3.63, 3.8) is 0 Å². The molecule has 1 aliphatic heterocycles. The number of anilines is 1. The van der Waals surface area contributed by atoms with Crippen LogP contribution in [0.3, 0.4) is 0 Å². The minimum absolute atomic E-state index is 0.0933. The Balaban J connectivity index is 2.33. The van der Waals surface area contributed by atoms with Gasteiger partial charge in [-0.15, -0.1) is 0 Å². The van der Waals surface area contributed by atoms with E-state index in [1.165, 1.54) is 0 Å². The Kier molecular flexibility index (Phi) is 4.19. The van der Waals surface area contributed by atoms with E-state index >= 15 is 0 Å². The smallest absolute Gasteiger partial charge is 0.293 e. The number of nitrogens with zero attached hydrogens (tertiary/aromatic N) is 2. The number of benzene rings is 1. The van der Waals surface area contributed by atoms with Crippen LogP contribution in [0.1, 0.15) is 13.3 Å². The van der Waals surface area contributed by atoms with E-state index in [-0.39, 0.29) is 16.7 Å². The van der Waals surface area contributed by atoms with E-state index in [1.54, 1.807) is 12.1 Å². The molecule has 6 heteroatoms. The van der Waals surface area contributed by atoms with Crippen molar-refractivity contribution in [1.29, 1.82) is 0 Å². The number of hydrogen-bond donors (Lipinski definition) is 0. The van der Waals surface area contributed by atoms with Crippen LogP contribution in [0.5, 0.6) is 0 Å². The van der Waals surface area contributed by atoms with Crippen LogP contribution in [0.2, 0.25) is 0 Å². The Morgan fingerprint density at radius 1 is 1.56 bits per heavy atom. The first-order chi connectivity index (χ1) is 8.58. The van der Waals surface area contributed by atoms with E-state index in [2.05, 4.69) is 15.9 Å². The second kappa shape index (κ2) is 5.67. The zero-order chi connectivity index (χ0) is 13.1. The average Bonchev–Trinajstić information content (AvgIpc) is 2.53. The normalized spacial score (nSPS) is 20.6. The molecule has 0 aromatic heterocycles. The Hall–Kier alpha value is -1.14. The molecule has 0 bridgehead atoms. The van der Waals surface area contributed by atoms with Crippen molar-refractivity contribution in [2.24, 2.45) is 0 Å². The zero-order valence-corrected chi connectivity index (χ0v) is 11.7. The fourth-order valence-electron chi connectivity index (χ4n) is 2.12. The highest BCUT2D eigenvalue weighted by Gasteiger charge is 2.23. The average molecular weight is 315 g/mol. The minimum atomic E-state index is -0.337. The number of nitro benzene ring substituents is 1. The number of nitro groups is 1. The van der Waals surface area contributed by atoms with Crippen LogP contribution < -0.4 is 4.90 Å². The van der Waals surface area contributed by atoms with Gasteiger partial charge in [0.1, 0.15) is 5.69 Å². The summed E-state index contributed by atoms with van der Waals surface area (Å²) in [6.45, 7) is 4.17. The molecular weight excluding hydrogens is 300 g/mol. The molecule has 0 aliphatic carbocycles. The molecule has 0 spiro atoms. The summed E-state index contributed by atoms with van der Waals surface area (Å²) in [6.07, 6.45) is 0.980. The molecule has 1 atom stereocenters. The molecular formula is C12H15BrN2O3. The zero-order valence-electron chi connectivity index (χ0n) is 10.1. The van der Waals surface area contributed by atoms with Crippen molar-refractivity contribution in [2.45, 2.75) is 19.4 Å². The predicted octanol–water partition coefficient (Wildman–Crippen LogP) is 2.97. The Labute approximate surface area is 114 Å². The van der Waals surface area contributed by atoms with E-state index in [0.717, 1.165) is 17.4 Å². The van der Waals surface area contributed by atoms with Crippen LogP contribution in [0.4, 0.5) is 11.4 Å². The lowest BCUT2D eigenvalue weighted by Gasteiger charge is -2.24. The van der Waals surface area contributed by atoms with Crippen molar-refractivity contribution in [3.05, 3.63) is 32.8 Å². The molecule has 98 valence electrons. The molecule has 5 nitrogen and oxygen atoms in total. The quantitative estimate of drug-likeness (QED) is 0.622. The van der Waals surface area contributed by atoms with E-state index in [9.17, 15) is 10.1 Å². The molecule has 1 unspecified atom stereocenters. The fraction of sp³-hybridized carbons (Fsp3) is 0.500. The van der Waals surface area contributed by atoms with Gasteiger partial charge in [0.2, 0.25) is 0 Å². The summed E-state index contributed by atoms with van der Waals surface area (Å²) in [4.78, 5) is 12.8. The standard InChI is InChI=1S/C12H15BrN2O3/c1-9-8-14(5-2-6-18-9)11-4-3-10(13)7-12(11)15(16)17/h3-4,7,9H,2,5-6,8H2,1H3. The number of rotatable bonds is 2. The van der Waals surface area contributed by atoms with E-state index in [4.69, 9.17) is 4.74 Å². The first-order valence-corrected chi connectivity index (χ1v) is 6.67. The van der Waals surface area contributed by atoms with Gasteiger partial charge in [0.25, 0.3) is 5.69 Å². The monoisotopic (exact) mass is 314 g/mol. The minimum Gasteiger partial charge on any atom is -0.377 e. The topological polar surface area (TPSA) is 55.6 Å². The third-order valence-electron chi connectivity index (χ3n) is 2.93. The van der Waals surface area contributed by atoms with Gasteiger partial charge in [-0.3, -0.25) is 10.1 Å². The molecule has 0 amide bonds. The van der Waals surface area contributed by atoms with Crippen molar-refractivity contribution in [1.82, 2.24) is 0 Å². The molecule has 1 fully saturated rings. The van der Waals surface area contributed by atoms with Gasteiger partial charge < -0.3 is 9.64 Å². The number of ether oxygens (including phenoxy) is 1. The van der Waals surface area contributed by atoms with Crippen molar-refractivity contribution in [2.75, 3.05) is 24.6 Å². The van der Waals surface area contributed by atoms with Gasteiger partial charge in [0, 0.05) is 30.2 Å². The van der Waals surface area contributed by atoms with Gasteiger partial charge >= 0.3 is 0 Å². The summed E-state index contributed by atoms with van der Waals surface area (Å²) in [7, 11) is 0. The molecule has 0 saturated carbocycles. The van der Waals surface area contributed by atoms with Gasteiger partial charge in [0.15, 0.2) is 0 Å². The molecule has 1 aliphatic rings. The highest BCUT2D eigenvalue weighted by Crippen LogP contribution is 2.32. The van der Waals surface area contributed by atoms with Crippen LogP contribution in [0.15, 0.2) is 22.7 Å². The van der Waals surface area contributed by atoms with Crippen LogP contribution in [0.25, 0.3) is 0 Å². The first-order valence-electron chi connectivity index (χ1n) is 5.88. The summed E-state index contributed by atoms with van der Waals surface area (Å²) >= 11 is 3.27. The second-order valence-electron chi connectivity index (χ2n) is 4.37. The third-order valence-corrected chi connectivity index (χ3v) is 3.42. The maximum Gasteiger partial charge on any atom is 0.293 e. The Bertz CT molecular complexity index is 453. The summed E-state index contributed by atoms with van der Waals surface area (Å²) < 4.78 is 6.28. The van der Waals surface area contributed by atoms with Crippen LogP contribution >= 0.6 is 15.9 Å². The highest BCUT2D eigenvalue weighted by atomic mass is 79.9. The molecule has 1 aromatic carbocycles. The van der Waals surface area contributed by atoms with Gasteiger partial charge in [-0.25, -0.2) is 0 Å². The third kappa shape index (κ3) is 3.00. The van der Waals surface area contributed by atoms with Gasteiger partial charge in [-0.05, 0) is 25.5 Å². The Morgan fingerprint density at radius 3 is 3.06 bits per heavy atom. The van der Waals surface area contributed by atoms with Gasteiger partial charge in [-0.1, -0.05) is 15.9 Å². The SMILES string of the molecule is CC1CN(c2ccc(Br)cc2[N+](=O)[O-])CCCO1. The number of hydrogen-bond acceptors (Lipinski definition) is 4.